The van der Waals surface area contributed by atoms with Gasteiger partial charge in [-0.25, -0.2) is 14.1 Å². The highest BCUT2D eigenvalue weighted by Crippen LogP contribution is 2.25. The van der Waals surface area contributed by atoms with Crippen LogP contribution in [-0.4, -0.2) is 20.7 Å². The molecule has 0 bridgehead atoms. The number of hydrogen-bond donors (Lipinski definition) is 1. The molecule has 0 saturated heterocycles. The highest BCUT2D eigenvalue weighted by molar-refractivity contribution is 6.01. The Balaban J connectivity index is 1.76. The fraction of sp³-hybridized carbons (Fsp3) is 0.160. The van der Waals surface area contributed by atoms with Crippen LogP contribution in [0.2, 0.25) is 0 Å². The summed E-state index contributed by atoms with van der Waals surface area (Å²) in [6.45, 7) is 6.04. The van der Waals surface area contributed by atoms with E-state index >= 15 is 0 Å². The Morgan fingerprint density at radius 2 is 1.71 bits per heavy atom. The van der Waals surface area contributed by atoms with Gasteiger partial charge in [0.15, 0.2) is 5.82 Å². The molecule has 3 aromatic carbocycles. The van der Waals surface area contributed by atoms with Crippen molar-refractivity contribution in [2.45, 2.75) is 27.2 Å². The van der Waals surface area contributed by atoms with Gasteiger partial charge in [-0.3, -0.25) is 4.79 Å². The van der Waals surface area contributed by atoms with Crippen molar-refractivity contribution in [1.82, 2.24) is 14.8 Å². The van der Waals surface area contributed by atoms with Crippen LogP contribution in [-0.2, 0) is 6.42 Å². The molecule has 0 atom stereocenters. The van der Waals surface area contributed by atoms with Crippen LogP contribution in [0.3, 0.4) is 0 Å². The molecule has 4 rings (SSSR count). The van der Waals surface area contributed by atoms with Gasteiger partial charge in [-0.05, 0) is 79.4 Å². The van der Waals surface area contributed by atoms with Crippen LogP contribution in [0.15, 0.2) is 66.7 Å². The monoisotopic (exact) mass is 414 g/mol. The quantitative estimate of drug-likeness (QED) is 0.469. The van der Waals surface area contributed by atoms with Gasteiger partial charge in [0.05, 0.1) is 5.69 Å². The Hall–Kier alpha value is -3.80. The topological polar surface area (TPSA) is 59.8 Å². The molecule has 0 saturated carbocycles. The third kappa shape index (κ3) is 4.38. The SMILES string of the molecule is CCc1ccc(NC(=O)c2nc(-c3ccc(F)cc3)n(-c3cc(C)ccc3C)n2)cc1. The molecule has 0 unspecified atom stereocenters. The van der Waals surface area contributed by atoms with Crippen molar-refractivity contribution in [2.24, 2.45) is 0 Å². The summed E-state index contributed by atoms with van der Waals surface area (Å²) in [6, 6.07) is 19.7. The first-order valence-corrected chi connectivity index (χ1v) is 10.2. The van der Waals surface area contributed by atoms with Crippen molar-refractivity contribution in [3.63, 3.8) is 0 Å². The zero-order valence-corrected chi connectivity index (χ0v) is 17.7. The third-order valence-corrected chi connectivity index (χ3v) is 5.13. The summed E-state index contributed by atoms with van der Waals surface area (Å²) >= 11 is 0. The number of anilines is 1. The fourth-order valence-corrected chi connectivity index (χ4v) is 3.32. The van der Waals surface area contributed by atoms with Crippen molar-refractivity contribution in [3.8, 4) is 17.1 Å². The second-order valence-electron chi connectivity index (χ2n) is 7.47. The molecule has 0 radical (unpaired) electrons. The molecule has 0 aliphatic heterocycles. The van der Waals surface area contributed by atoms with Crippen molar-refractivity contribution in [2.75, 3.05) is 5.32 Å². The lowest BCUT2D eigenvalue weighted by Gasteiger charge is -2.10. The Morgan fingerprint density at radius 3 is 2.39 bits per heavy atom. The predicted molar refractivity (Wildman–Crippen MR) is 120 cm³/mol. The first-order chi connectivity index (χ1) is 14.9. The van der Waals surface area contributed by atoms with Gasteiger partial charge in [0, 0.05) is 11.3 Å². The summed E-state index contributed by atoms with van der Waals surface area (Å²) in [4.78, 5) is 17.4. The van der Waals surface area contributed by atoms with E-state index in [2.05, 4.69) is 22.3 Å². The molecular formula is C25H23FN4O. The molecule has 1 heterocycles. The number of amides is 1. The largest absolute Gasteiger partial charge is 0.319 e. The normalized spacial score (nSPS) is 10.8. The number of carbonyl (C=O) groups excluding carboxylic acids is 1. The number of halogens is 1. The summed E-state index contributed by atoms with van der Waals surface area (Å²) in [5, 5.41) is 7.36. The number of nitrogens with zero attached hydrogens (tertiary/aromatic N) is 3. The molecule has 0 aliphatic carbocycles. The van der Waals surface area contributed by atoms with E-state index in [-0.39, 0.29) is 11.6 Å². The molecule has 156 valence electrons. The lowest BCUT2D eigenvalue weighted by Crippen LogP contribution is -2.14. The van der Waals surface area contributed by atoms with E-state index in [0.717, 1.165) is 23.2 Å². The van der Waals surface area contributed by atoms with E-state index in [1.807, 2.05) is 56.3 Å². The summed E-state index contributed by atoms with van der Waals surface area (Å²) in [5.74, 6) is -0.230. The lowest BCUT2D eigenvalue weighted by molar-refractivity contribution is 0.101. The smallest absolute Gasteiger partial charge is 0.295 e. The minimum atomic E-state index is -0.406. The number of benzene rings is 3. The van der Waals surface area contributed by atoms with E-state index in [0.29, 0.717) is 17.1 Å². The van der Waals surface area contributed by atoms with Crippen LogP contribution in [0.1, 0.15) is 34.2 Å². The number of aryl methyl sites for hydroxylation is 3. The average Bonchev–Trinajstić information content (AvgIpc) is 3.22. The number of aromatic nitrogens is 3. The van der Waals surface area contributed by atoms with E-state index in [1.165, 1.54) is 17.7 Å². The van der Waals surface area contributed by atoms with E-state index in [4.69, 9.17) is 0 Å². The van der Waals surface area contributed by atoms with Gasteiger partial charge in [0.2, 0.25) is 5.82 Å². The number of carbonyl (C=O) groups is 1. The van der Waals surface area contributed by atoms with Gasteiger partial charge >= 0.3 is 0 Å². The molecule has 1 amide bonds. The molecule has 1 N–H and O–H groups in total. The molecule has 1 aromatic heterocycles. The highest BCUT2D eigenvalue weighted by atomic mass is 19.1. The minimum absolute atomic E-state index is 0.0415. The first kappa shape index (κ1) is 20.5. The van der Waals surface area contributed by atoms with E-state index < -0.39 is 5.91 Å². The Morgan fingerprint density at radius 1 is 1.00 bits per heavy atom. The minimum Gasteiger partial charge on any atom is -0.319 e. The van der Waals surface area contributed by atoms with Gasteiger partial charge in [-0.1, -0.05) is 31.2 Å². The molecule has 4 aromatic rings. The van der Waals surface area contributed by atoms with Gasteiger partial charge in [-0.15, -0.1) is 5.10 Å². The second-order valence-corrected chi connectivity index (χ2v) is 7.47. The first-order valence-electron chi connectivity index (χ1n) is 10.2. The standard InChI is InChI=1S/C25H23FN4O/c1-4-18-7-13-21(14-8-18)27-25(31)23-28-24(19-9-11-20(26)12-10-19)30(29-23)22-15-16(2)5-6-17(22)3/h5-15H,4H2,1-3H3,(H,27,31). The lowest BCUT2D eigenvalue weighted by atomic mass is 10.1. The van der Waals surface area contributed by atoms with Crippen LogP contribution in [0.5, 0.6) is 0 Å². The Labute approximate surface area is 180 Å². The van der Waals surface area contributed by atoms with E-state index in [1.54, 1.807) is 16.8 Å². The Kier molecular flexibility index (Phi) is 5.62. The summed E-state index contributed by atoms with van der Waals surface area (Å²) < 4.78 is 15.1. The zero-order valence-electron chi connectivity index (χ0n) is 17.7. The van der Waals surface area contributed by atoms with Gasteiger partial charge in [0.1, 0.15) is 5.82 Å². The van der Waals surface area contributed by atoms with Crippen LogP contribution in [0, 0.1) is 19.7 Å². The maximum absolute atomic E-state index is 13.5. The van der Waals surface area contributed by atoms with Gasteiger partial charge < -0.3 is 5.32 Å². The molecule has 0 aliphatic rings. The number of nitrogens with one attached hydrogen (secondary N) is 1. The summed E-state index contributed by atoms with van der Waals surface area (Å²) in [5.41, 5.74) is 5.39. The van der Waals surface area contributed by atoms with E-state index in [9.17, 15) is 9.18 Å². The predicted octanol–water partition coefficient (Wildman–Crippen LogP) is 5.50. The maximum atomic E-state index is 13.5. The highest BCUT2D eigenvalue weighted by Gasteiger charge is 2.20. The van der Waals surface area contributed by atoms with Crippen LogP contribution in [0.4, 0.5) is 10.1 Å². The number of rotatable bonds is 5. The third-order valence-electron chi connectivity index (χ3n) is 5.13. The molecule has 0 spiro atoms. The average molecular weight is 414 g/mol. The molecule has 5 nitrogen and oxygen atoms in total. The Bertz CT molecular complexity index is 1230. The fourth-order valence-electron chi connectivity index (χ4n) is 3.32. The van der Waals surface area contributed by atoms with Crippen molar-refractivity contribution in [1.29, 1.82) is 0 Å². The van der Waals surface area contributed by atoms with Gasteiger partial charge in [-0.2, -0.15) is 0 Å². The maximum Gasteiger partial charge on any atom is 0.295 e. The van der Waals surface area contributed by atoms with Crippen LogP contribution < -0.4 is 5.32 Å². The second kappa shape index (κ2) is 8.52. The molecule has 31 heavy (non-hydrogen) atoms. The zero-order chi connectivity index (χ0) is 22.0. The van der Waals surface area contributed by atoms with Crippen molar-refractivity contribution < 1.29 is 9.18 Å². The van der Waals surface area contributed by atoms with Gasteiger partial charge in [0.25, 0.3) is 5.91 Å². The van der Waals surface area contributed by atoms with Crippen LogP contribution >= 0.6 is 0 Å². The van der Waals surface area contributed by atoms with Crippen molar-refractivity contribution >= 4 is 11.6 Å². The summed E-state index contributed by atoms with van der Waals surface area (Å²) in [7, 11) is 0. The molecule has 6 heteroatoms. The summed E-state index contributed by atoms with van der Waals surface area (Å²) in [6.07, 6.45) is 0.928. The molecule has 0 fully saturated rings. The molecular weight excluding hydrogens is 391 g/mol. The number of hydrogen-bond acceptors (Lipinski definition) is 3. The van der Waals surface area contributed by atoms with Crippen molar-refractivity contribution in [3.05, 3.63) is 95.1 Å². The van der Waals surface area contributed by atoms with Crippen LogP contribution in [0.25, 0.3) is 17.1 Å².